The Balaban J connectivity index is 2.89. The summed E-state index contributed by atoms with van der Waals surface area (Å²) in [6.45, 7) is -0.530. The van der Waals surface area contributed by atoms with Crippen LogP contribution in [0.15, 0.2) is 24.3 Å². The molecule has 1 rings (SSSR count). The lowest BCUT2D eigenvalue weighted by Gasteiger charge is -2.00. The van der Waals surface area contributed by atoms with Gasteiger partial charge in [-0.05, 0) is 12.1 Å². The van der Waals surface area contributed by atoms with Crippen molar-refractivity contribution < 1.29 is 19.4 Å². The molecule has 4 heteroatoms. The molecule has 0 radical (unpaired) electrons. The average molecular weight is 194 g/mol. The van der Waals surface area contributed by atoms with Gasteiger partial charge in [-0.25, -0.2) is 4.79 Å². The number of benzene rings is 1. The van der Waals surface area contributed by atoms with E-state index in [1.165, 1.54) is 31.4 Å². The third-order valence-corrected chi connectivity index (χ3v) is 1.77. The minimum atomic E-state index is -0.530. The molecule has 0 saturated carbocycles. The van der Waals surface area contributed by atoms with Gasteiger partial charge in [0, 0.05) is 5.56 Å². The summed E-state index contributed by atoms with van der Waals surface area (Å²) in [6, 6.07) is 5.92. The number of Topliss-reactive ketones (excluding diaryl/α,β-unsaturated/α-hetero) is 1. The Morgan fingerprint density at radius 1 is 1.21 bits per heavy atom. The highest BCUT2D eigenvalue weighted by Crippen LogP contribution is 2.06. The summed E-state index contributed by atoms with van der Waals surface area (Å²) in [5.74, 6) is -0.825. The summed E-state index contributed by atoms with van der Waals surface area (Å²) in [4.78, 5) is 22.0. The van der Waals surface area contributed by atoms with Crippen LogP contribution in [0.3, 0.4) is 0 Å². The van der Waals surface area contributed by atoms with Gasteiger partial charge in [-0.3, -0.25) is 4.79 Å². The summed E-state index contributed by atoms with van der Waals surface area (Å²) < 4.78 is 4.49. The van der Waals surface area contributed by atoms with Crippen LogP contribution in [-0.4, -0.2) is 30.6 Å². The minimum Gasteiger partial charge on any atom is -0.465 e. The first-order valence-corrected chi connectivity index (χ1v) is 4.01. The molecule has 0 heterocycles. The van der Waals surface area contributed by atoms with Crippen molar-refractivity contribution >= 4 is 11.8 Å². The Morgan fingerprint density at radius 3 is 2.14 bits per heavy atom. The van der Waals surface area contributed by atoms with Gasteiger partial charge in [0.1, 0.15) is 6.61 Å². The van der Waals surface area contributed by atoms with E-state index in [1.807, 2.05) is 0 Å². The van der Waals surface area contributed by atoms with Crippen molar-refractivity contribution in [1.82, 2.24) is 0 Å². The summed E-state index contributed by atoms with van der Waals surface area (Å²) >= 11 is 0. The Hall–Kier alpha value is -1.68. The van der Waals surface area contributed by atoms with E-state index in [-0.39, 0.29) is 5.78 Å². The third kappa shape index (κ3) is 2.17. The molecular formula is C10H10O4. The molecule has 0 amide bonds. The first-order valence-electron chi connectivity index (χ1n) is 4.01. The average Bonchev–Trinajstić information content (AvgIpc) is 2.27. The summed E-state index contributed by atoms with van der Waals surface area (Å²) in [5, 5.41) is 8.57. The molecular weight excluding hydrogens is 184 g/mol. The maximum atomic E-state index is 11.0. The molecule has 4 nitrogen and oxygen atoms in total. The first kappa shape index (κ1) is 10.4. The zero-order chi connectivity index (χ0) is 10.6. The van der Waals surface area contributed by atoms with E-state index < -0.39 is 12.6 Å². The zero-order valence-corrected chi connectivity index (χ0v) is 7.69. The van der Waals surface area contributed by atoms with E-state index in [0.29, 0.717) is 11.1 Å². The van der Waals surface area contributed by atoms with E-state index in [1.54, 1.807) is 0 Å². The van der Waals surface area contributed by atoms with Crippen LogP contribution in [0.1, 0.15) is 20.7 Å². The zero-order valence-electron chi connectivity index (χ0n) is 7.69. The number of ketones is 1. The Bertz CT molecular complexity index is 305. The van der Waals surface area contributed by atoms with Crippen molar-refractivity contribution in [3.8, 4) is 0 Å². The molecule has 1 N–H and O–H groups in total. The molecule has 74 valence electrons. The molecule has 0 aliphatic rings. The van der Waals surface area contributed by atoms with Gasteiger partial charge in [-0.15, -0.1) is 0 Å². The number of aliphatic hydroxyl groups excluding tert-OH is 1. The van der Waals surface area contributed by atoms with Crippen molar-refractivity contribution in [2.75, 3.05) is 13.7 Å². The molecule has 0 spiro atoms. The van der Waals surface area contributed by atoms with E-state index >= 15 is 0 Å². The second kappa shape index (κ2) is 4.53. The summed E-state index contributed by atoms with van der Waals surface area (Å²) in [7, 11) is 1.29. The summed E-state index contributed by atoms with van der Waals surface area (Å²) in [5.41, 5.74) is 0.752. The highest BCUT2D eigenvalue weighted by Gasteiger charge is 2.07. The molecule has 1 aromatic carbocycles. The van der Waals surface area contributed by atoms with Gasteiger partial charge in [0.05, 0.1) is 12.7 Å². The molecule has 0 bridgehead atoms. The van der Waals surface area contributed by atoms with Crippen LogP contribution >= 0.6 is 0 Å². The van der Waals surface area contributed by atoms with Crippen molar-refractivity contribution in [2.24, 2.45) is 0 Å². The van der Waals surface area contributed by atoms with Crippen LogP contribution in [0.5, 0.6) is 0 Å². The maximum Gasteiger partial charge on any atom is 0.337 e. The molecule has 0 saturated heterocycles. The second-order valence-electron chi connectivity index (χ2n) is 2.65. The van der Waals surface area contributed by atoms with E-state index in [4.69, 9.17) is 5.11 Å². The van der Waals surface area contributed by atoms with Crippen molar-refractivity contribution in [2.45, 2.75) is 0 Å². The highest BCUT2D eigenvalue weighted by molar-refractivity contribution is 5.98. The first-order chi connectivity index (χ1) is 6.69. The van der Waals surface area contributed by atoms with Gasteiger partial charge < -0.3 is 9.84 Å². The Kier molecular flexibility index (Phi) is 3.36. The smallest absolute Gasteiger partial charge is 0.337 e. The van der Waals surface area contributed by atoms with Gasteiger partial charge in [0.15, 0.2) is 5.78 Å². The number of esters is 1. The van der Waals surface area contributed by atoms with Crippen LogP contribution in [-0.2, 0) is 4.74 Å². The fraction of sp³-hybridized carbons (Fsp3) is 0.200. The van der Waals surface area contributed by atoms with E-state index in [2.05, 4.69) is 4.74 Å². The Morgan fingerprint density at radius 2 is 1.71 bits per heavy atom. The van der Waals surface area contributed by atoms with Gasteiger partial charge in [0.2, 0.25) is 0 Å². The monoisotopic (exact) mass is 194 g/mol. The lowest BCUT2D eigenvalue weighted by Crippen LogP contribution is -2.06. The van der Waals surface area contributed by atoms with E-state index in [9.17, 15) is 9.59 Å². The van der Waals surface area contributed by atoms with Crippen molar-refractivity contribution in [1.29, 1.82) is 0 Å². The standard InChI is InChI=1S/C10H10O4/c1-14-10(13)8-4-2-7(3-5-8)9(12)6-11/h2-5,11H,6H2,1H3. The number of carbonyl (C=O) groups is 2. The van der Waals surface area contributed by atoms with Gasteiger partial charge in [-0.1, -0.05) is 12.1 Å². The normalized spacial score (nSPS) is 9.57. The van der Waals surface area contributed by atoms with Crippen LogP contribution in [0.2, 0.25) is 0 Å². The number of hydrogen-bond acceptors (Lipinski definition) is 4. The van der Waals surface area contributed by atoms with Crippen LogP contribution in [0.25, 0.3) is 0 Å². The molecule has 0 aliphatic carbocycles. The van der Waals surface area contributed by atoms with Gasteiger partial charge in [-0.2, -0.15) is 0 Å². The maximum absolute atomic E-state index is 11.0. The molecule has 0 fully saturated rings. The topological polar surface area (TPSA) is 63.6 Å². The molecule has 1 aromatic rings. The van der Waals surface area contributed by atoms with Gasteiger partial charge in [0.25, 0.3) is 0 Å². The SMILES string of the molecule is COC(=O)c1ccc(C(=O)CO)cc1. The van der Waals surface area contributed by atoms with E-state index in [0.717, 1.165) is 0 Å². The van der Waals surface area contributed by atoms with Gasteiger partial charge >= 0.3 is 5.97 Å². The number of carbonyl (C=O) groups excluding carboxylic acids is 2. The lowest BCUT2D eigenvalue weighted by molar-refractivity contribution is 0.0600. The molecule has 0 atom stereocenters. The van der Waals surface area contributed by atoms with Crippen molar-refractivity contribution in [3.05, 3.63) is 35.4 Å². The molecule has 0 unspecified atom stereocenters. The molecule has 0 aliphatic heterocycles. The largest absolute Gasteiger partial charge is 0.465 e. The highest BCUT2D eigenvalue weighted by atomic mass is 16.5. The number of rotatable bonds is 3. The quantitative estimate of drug-likeness (QED) is 0.566. The number of hydrogen-bond donors (Lipinski definition) is 1. The predicted molar refractivity (Wildman–Crippen MR) is 49.2 cm³/mol. The fourth-order valence-electron chi connectivity index (χ4n) is 1.00. The number of methoxy groups -OCH3 is 1. The fourth-order valence-corrected chi connectivity index (χ4v) is 1.00. The Labute approximate surface area is 81.1 Å². The molecule has 14 heavy (non-hydrogen) atoms. The lowest BCUT2D eigenvalue weighted by atomic mass is 10.1. The van der Waals surface area contributed by atoms with Crippen LogP contribution in [0.4, 0.5) is 0 Å². The second-order valence-corrected chi connectivity index (χ2v) is 2.65. The van der Waals surface area contributed by atoms with Crippen LogP contribution < -0.4 is 0 Å². The third-order valence-electron chi connectivity index (χ3n) is 1.77. The minimum absolute atomic E-state index is 0.374. The van der Waals surface area contributed by atoms with Crippen LogP contribution in [0, 0.1) is 0 Å². The predicted octanol–water partition coefficient (Wildman–Crippen LogP) is 0.648. The number of aliphatic hydroxyl groups is 1. The summed E-state index contributed by atoms with van der Waals surface area (Å²) in [6.07, 6.45) is 0. The van der Waals surface area contributed by atoms with Crippen molar-refractivity contribution in [3.63, 3.8) is 0 Å². The molecule has 0 aromatic heterocycles. The number of ether oxygens (including phenoxy) is 1.